The van der Waals surface area contributed by atoms with Crippen LogP contribution in [0.25, 0.3) is 0 Å². The van der Waals surface area contributed by atoms with Gasteiger partial charge < -0.3 is 15.0 Å². The van der Waals surface area contributed by atoms with Crippen LogP contribution in [-0.2, 0) is 6.42 Å². The monoisotopic (exact) mass is 390 g/mol. The lowest BCUT2D eigenvalue weighted by atomic mass is 9.64. The van der Waals surface area contributed by atoms with E-state index in [1.165, 1.54) is 18.4 Å². The molecule has 1 amide bonds. The molecule has 1 saturated carbocycles. The van der Waals surface area contributed by atoms with Gasteiger partial charge in [-0.15, -0.1) is 0 Å². The van der Waals surface area contributed by atoms with Crippen LogP contribution in [0.1, 0.15) is 48.5 Å². The highest BCUT2D eigenvalue weighted by Crippen LogP contribution is 2.52. The van der Waals surface area contributed by atoms with Crippen molar-refractivity contribution in [2.45, 2.75) is 63.2 Å². The molecular weight excluding hydrogens is 360 g/mol. The molecular formula is C25H30N2O2. The Kier molecular flexibility index (Phi) is 4.62. The molecule has 0 spiro atoms. The number of hydrogen-bond donors (Lipinski definition) is 1. The molecule has 2 heterocycles. The topological polar surface area (TPSA) is 41.6 Å². The Bertz CT molecular complexity index is 899. The molecule has 29 heavy (non-hydrogen) atoms. The Morgan fingerprint density at radius 1 is 1.14 bits per heavy atom. The van der Waals surface area contributed by atoms with Crippen LogP contribution in [0.4, 0.5) is 0 Å². The van der Waals surface area contributed by atoms with Crippen molar-refractivity contribution in [2.24, 2.45) is 5.41 Å². The lowest BCUT2D eigenvalue weighted by molar-refractivity contribution is -0.0113. The van der Waals surface area contributed by atoms with Crippen LogP contribution in [0.2, 0.25) is 0 Å². The first-order valence-corrected chi connectivity index (χ1v) is 10.9. The summed E-state index contributed by atoms with van der Waals surface area (Å²) < 4.78 is 5.55. The van der Waals surface area contributed by atoms with Gasteiger partial charge in [0.25, 0.3) is 5.91 Å². The normalized spacial score (nSPS) is 32.8. The van der Waals surface area contributed by atoms with Crippen molar-refractivity contribution >= 4 is 5.91 Å². The number of para-hydroxylation sites is 1. The number of piperidine rings is 1. The second-order valence-electron chi connectivity index (χ2n) is 9.15. The molecule has 152 valence electrons. The summed E-state index contributed by atoms with van der Waals surface area (Å²) >= 11 is 0. The molecule has 4 nitrogen and oxygen atoms in total. The number of amides is 1. The maximum Gasteiger partial charge on any atom is 0.258 e. The molecule has 3 fully saturated rings. The van der Waals surface area contributed by atoms with E-state index in [-0.39, 0.29) is 23.4 Å². The van der Waals surface area contributed by atoms with Gasteiger partial charge in [-0.3, -0.25) is 4.79 Å². The zero-order chi connectivity index (χ0) is 20.0. The number of rotatable bonds is 4. The molecule has 5 atom stereocenters. The third-order valence-corrected chi connectivity index (χ3v) is 7.62. The van der Waals surface area contributed by atoms with Gasteiger partial charge in [-0.2, -0.15) is 0 Å². The predicted molar refractivity (Wildman–Crippen MR) is 114 cm³/mol. The van der Waals surface area contributed by atoms with E-state index in [1.54, 1.807) is 7.11 Å². The maximum atomic E-state index is 14.0. The van der Waals surface area contributed by atoms with E-state index in [0.717, 1.165) is 19.3 Å². The second-order valence-corrected chi connectivity index (χ2v) is 9.15. The van der Waals surface area contributed by atoms with Gasteiger partial charge >= 0.3 is 0 Å². The SMILES string of the molecule is COc1ccccc1C(=O)N1[C@@H](Cc2ccccc2)[C@@H]2C[C@@]3(C)[C@H](CCC[C@@H]13)N2. The molecule has 1 aliphatic carbocycles. The maximum absolute atomic E-state index is 14.0. The number of nitrogens with one attached hydrogen (secondary N) is 1. The van der Waals surface area contributed by atoms with Crippen LogP contribution >= 0.6 is 0 Å². The molecule has 0 unspecified atom stereocenters. The van der Waals surface area contributed by atoms with Crippen LogP contribution in [-0.4, -0.2) is 42.1 Å². The number of benzene rings is 2. The van der Waals surface area contributed by atoms with Gasteiger partial charge in [0, 0.05) is 23.5 Å². The largest absolute Gasteiger partial charge is 0.496 e. The first kappa shape index (κ1) is 18.7. The van der Waals surface area contributed by atoms with Crippen molar-refractivity contribution in [3.63, 3.8) is 0 Å². The number of nitrogens with zero attached hydrogens (tertiary/aromatic N) is 1. The van der Waals surface area contributed by atoms with Crippen molar-refractivity contribution < 1.29 is 9.53 Å². The Balaban J connectivity index is 1.57. The summed E-state index contributed by atoms with van der Waals surface area (Å²) in [6.45, 7) is 2.40. The fourth-order valence-corrected chi connectivity index (χ4v) is 6.23. The van der Waals surface area contributed by atoms with E-state index in [9.17, 15) is 4.79 Å². The zero-order valence-electron chi connectivity index (χ0n) is 17.3. The van der Waals surface area contributed by atoms with Crippen LogP contribution in [0.15, 0.2) is 54.6 Å². The van der Waals surface area contributed by atoms with E-state index in [1.807, 2.05) is 24.3 Å². The highest BCUT2D eigenvalue weighted by molar-refractivity contribution is 5.97. The van der Waals surface area contributed by atoms with Gasteiger partial charge in [-0.25, -0.2) is 0 Å². The van der Waals surface area contributed by atoms with Gasteiger partial charge in [-0.1, -0.05) is 49.4 Å². The summed E-state index contributed by atoms with van der Waals surface area (Å²) in [5.41, 5.74) is 2.13. The summed E-state index contributed by atoms with van der Waals surface area (Å²) in [7, 11) is 1.65. The van der Waals surface area contributed by atoms with Crippen molar-refractivity contribution in [1.29, 1.82) is 0 Å². The van der Waals surface area contributed by atoms with Crippen molar-refractivity contribution in [3.8, 4) is 5.75 Å². The number of ether oxygens (including phenoxy) is 1. The number of fused-ring (bicyclic) bond motifs is 1. The van der Waals surface area contributed by atoms with Gasteiger partial charge in [0.05, 0.1) is 18.7 Å². The molecule has 2 aliphatic heterocycles. The molecule has 2 aromatic carbocycles. The van der Waals surface area contributed by atoms with Gasteiger partial charge in [0.15, 0.2) is 0 Å². The number of likely N-dealkylation sites (tertiary alicyclic amines) is 1. The average molecular weight is 391 g/mol. The third kappa shape index (κ3) is 2.96. The summed E-state index contributed by atoms with van der Waals surface area (Å²) in [6.07, 6.45) is 5.54. The highest BCUT2D eigenvalue weighted by Gasteiger charge is 2.60. The molecule has 0 radical (unpaired) electrons. The third-order valence-electron chi connectivity index (χ3n) is 7.62. The van der Waals surface area contributed by atoms with Crippen LogP contribution < -0.4 is 10.1 Å². The predicted octanol–water partition coefficient (Wildman–Crippen LogP) is 4.05. The van der Waals surface area contributed by atoms with E-state index in [2.05, 4.69) is 47.5 Å². The quantitative estimate of drug-likeness (QED) is 0.856. The highest BCUT2D eigenvalue weighted by atomic mass is 16.5. The Morgan fingerprint density at radius 3 is 2.69 bits per heavy atom. The summed E-state index contributed by atoms with van der Waals surface area (Å²) in [5, 5.41) is 3.93. The number of hydrogen-bond acceptors (Lipinski definition) is 3. The number of carbonyl (C=O) groups is 1. The van der Waals surface area contributed by atoms with Crippen LogP contribution in [0, 0.1) is 5.41 Å². The molecule has 4 heteroatoms. The zero-order valence-corrected chi connectivity index (χ0v) is 17.3. The molecule has 1 N–H and O–H groups in total. The fourth-order valence-electron chi connectivity index (χ4n) is 6.23. The van der Waals surface area contributed by atoms with Gasteiger partial charge in [-0.05, 0) is 49.8 Å². The molecule has 2 aromatic rings. The van der Waals surface area contributed by atoms with Crippen molar-refractivity contribution in [1.82, 2.24) is 10.2 Å². The lowest BCUT2D eigenvalue weighted by Crippen LogP contribution is -2.62. The van der Waals surface area contributed by atoms with E-state index >= 15 is 0 Å². The van der Waals surface area contributed by atoms with Crippen LogP contribution in [0.5, 0.6) is 5.75 Å². The summed E-state index contributed by atoms with van der Waals surface area (Å²) in [4.78, 5) is 16.2. The second kappa shape index (κ2) is 7.17. The average Bonchev–Trinajstić information content (AvgIpc) is 3.10. The Hall–Kier alpha value is -2.33. The number of methoxy groups -OCH3 is 1. The fraction of sp³-hybridized carbons (Fsp3) is 0.480. The standard InChI is InChI=1S/C25H30N2O2/c1-25-16-19-20(15-17-9-4-3-5-10-17)27(23(25)14-8-13-22(25)26-19)24(28)18-11-6-7-12-21(18)29-2/h3-7,9-12,19-20,22-23,26H,8,13-16H2,1-2H3/t19-,20-,22-,23+,25-/m0/s1. The summed E-state index contributed by atoms with van der Waals surface area (Å²) in [6, 6.07) is 19.6. The van der Waals surface area contributed by atoms with Crippen molar-refractivity contribution in [2.75, 3.05) is 7.11 Å². The molecule has 2 saturated heterocycles. The first-order chi connectivity index (χ1) is 14.1. The first-order valence-electron chi connectivity index (χ1n) is 10.9. The summed E-state index contributed by atoms with van der Waals surface area (Å²) in [5.74, 6) is 0.785. The number of carbonyl (C=O) groups excluding carboxylic acids is 1. The minimum absolute atomic E-state index is 0.119. The van der Waals surface area contributed by atoms with Gasteiger partial charge in [0.1, 0.15) is 5.75 Å². The Labute approximate surface area is 173 Å². The van der Waals surface area contributed by atoms with E-state index in [0.29, 0.717) is 23.4 Å². The van der Waals surface area contributed by atoms with E-state index in [4.69, 9.17) is 4.74 Å². The molecule has 3 aliphatic rings. The Morgan fingerprint density at radius 2 is 1.90 bits per heavy atom. The van der Waals surface area contributed by atoms with Crippen molar-refractivity contribution in [3.05, 3.63) is 65.7 Å². The lowest BCUT2D eigenvalue weighted by Gasteiger charge is -2.53. The van der Waals surface area contributed by atoms with Gasteiger partial charge in [0.2, 0.25) is 0 Å². The minimum atomic E-state index is 0.119. The van der Waals surface area contributed by atoms with Crippen LogP contribution in [0.3, 0.4) is 0 Å². The molecule has 2 bridgehead atoms. The van der Waals surface area contributed by atoms with E-state index < -0.39 is 0 Å². The smallest absolute Gasteiger partial charge is 0.258 e. The molecule has 5 rings (SSSR count). The minimum Gasteiger partial charge on any atom is -0.496 e. The molecule has 0 aromatic heterocycles.